The lowest BCUT2D eigenvalue weighted by Crippen LogP contribution is -2.30. The van der Waals surface area contributed by atoms with Gasteiger partial charge in [-0.05, 0) is 6.42 Å². The molecule has 0 fully saturated rings. The van der Waals surface area contributed by atoms with E-state index in [4.69, 9.17) is 15.2 Å². The molecule has 0 rings (SSSR count). The second kappa shape index (κ2) is 9.44. The van der Waals surface area contributed by atoms with Crippen molar-refractivity contribution in [1.29, 1.82) is 0 Å². The van der Waals surface area contributed by atoms with Crippen LogP contribution in [0.1, 0.15) is 6.42 Å². The fourth-order valence-corrected chi connectivity index (χ4v) is 0.763. The van der Waals surface area contributed by atoms with Crippen molar-refractivity contribution in [2.75, 3.05) is 40.0 Å². The predicted octanol–water partition coefficient (Wildman–Crippen LogP) is -0.886. The van der Waals surface area contributed by atoms with Gasteiger partial charge in [-0.3, -0.25) is 4.79 Å². The summed E-state index contributed by atoms with van der Waals surface area (Å²) < 4.78 is 10.1. The molecule has 0 radical (unpaired) electrons. The number of hydrogen-bond donors (Lipinski definition) is 2. The topological polar surface area (TPSA) is 73.6 Å². The van der Waals surface area contributed by atoms with Crippen LogP contribution in [-0.2, 0) is 14.3 Å². The second-order valence-electron chi connectivity index (χ2n) is 2.60. The highest BCUT2D eigenvalue weighted by Crippen LogP contribution is 1.82. The highest BCUT2D eigenvalue weighted by molar-refractivity contribution is 5.75. The van der Waals surface area contributed by atoms with Gasteiger partial charge in [-0.1, -0.05) is 0 Å². The fourth-order valence-electron chi connectivity index (χ4n) is 0.763. The summed E-state index contributed by atoms with van der Waals surface area (Å²) in [5.74, 6) is -0.348. The van der Waals surface area contributed by atoms with Gasteiger partial charge in [0.15, 0.2) is 0 Å². The Bertz CT molecular complexity index is 131. The number of hydrogen-bond acceptors (Lipinski definition) is 4. The lowest BCUT2D eigenvalue weighted by molar-refractivity contribution is -0.117. The van der Waals surface area contributed by atoms with Gasteiger partial charge in [0.05, 0.1) is 13.2 Å². The van der Waals surface area contributed by atoms with Crippen molar-refractivity contribution in [3.8, 4) is 0 Å². The van der Waals surface area contributed by atoms with Gasteiger partial charge in [-0.25, -0.2) is 0 Å². The van der Waals surface area contributed by atoms with Crippen molar-refractivity contribution in [3.63, 3.8) is 0 Å². The van der Waals surface area contributed by atoms with Crippen molar-refractivity contribution in [1.82, 2.24) is 5.32 Å². The zero-order chi connectivity index (χ0) is 9.94. The zero-order valence-electron chi connectivity index (χ0n) is 8.04. The molecule has 0 spiro atoms. The molecule has 0 aliphatic carbocycles. The van der Waals surface area contributed by atoms with E-state index in [2.05, 4.69) is 5.32 Å². The molecule has 0 heterocycles. The van der Waals surface area contributed by atoms with Crippen LogP contribution in [-0.4, -0.2) is 45.9 Å². The molecule has 0 saturated heterocycles. The van der Waals surface area contributed by atoms with Gasteiger partial charge < -0.3 is 20.5 Å². The van der Waals surface area contributed by atoms with Crippen LogP contribution < -0.4 is 11.1 Å². The third kappa shape index (κ3) is 11.3. The maximum absolute atomic E-state index is 10.3. The van der Waals surface area contributed by atoms with Crippen LogP contribution in [0.25, 0.3) is 0 Å². The largest absolute Gasteiger partial charge is 0.385 e. The van der Waals surface area contributed by atoms with Crippen LogP contribution in [0.2, 0.25) is 0 Å². The standard InChI is InChI=1S/C8H18N2O3/c1-12-4-2-5-13-6-3-10-7-8(9)11/h10H,2-7H2,1H3,(H2,9,11). The Kier molecular flexibility index (Phi) is 8.97. The quantitative estimate of drug-likeness (QED) is 0.463. The van der Waals surface area contributed by atoms with Crippen molar-refractivity contribution in [3.05, 3.63) is 0 Å². The first-order valence-corrected chi connectivity index (χ1v) is 4.33. The lowest BCUT2D eigenvalue weighted by atomic mass is 10.5. The van der Waals surface area contributed by atoms with Crippen LogP contribution in [0, 0.1) is 0 Å². The van der Waals surface area contributed by atoms with Gasteiger partial charge in [-0.15, -0.1) is 0 Å². The van der Waals surface area contributed by atoms with E-state index in [1.165, 1.54) is 0 Å². The molecule has 5 nitrogen and oxygen atoms in total. The molecule has 0 aromatic heterocycles. The van der Waals surface area contributed by atoms with E-state index >= 15 is 0 Å². The Balaban J connectivity index is 2.87. The summed E-state index contributed by atoms with van der Waals surface area (Å²) in [7, 11) is 1.66. The molecule has 0 aliphatic heterocycles. The number of amides is 1. The average Bonchev–Trinajstić information content (AvgIpc) is 2.09. The first kappa shape index (κ1) is 12.3. The molecule has 0 aromatic rings. The first-order valence-electron chi connectivity index (χ1n) is 4.33. The zero-order valence-corrected chi connectivity index (χ0v) is 8.04. The summed E-state index contributed by atoms with van der Waals surface area (Å²) in [5.41, 5.74) is 4.91. The van der Waals surface area contributed by atoms with Crippen molar-refractivity contribution < 1.29 is 14.3 Å². The molecule has 78 valence electrons. The van der Waals surface area contributed by atoms with Gasteiger partial charge in [-0.2, -0.15) is 0 Å². The van der Waals surface area contributed by atoms with E-state index in [0.717, 1.165) is 6.42 Å². The summed E-state index contributed by atoms with van der Waals surface area (Å²) in [6.45, 7) is 2.86. The maximum Gasteiger partial charge on any atom is 0.231 e. The van der Waals surface area contributed by atoms with Crippen LogP contribution >= 0.6 is 0 Å². The van der Waals surface area contributed by atoms with E-state index < -0.39 is 0 Å². The Labute approximate surface area is 78.6 Å². The second-order valence-corrected chi connectivity index (χ2v) is 2.60. The first-order chi connectivity index (χ1) is 6.27. The molecule has 0 unspecified atom stereocenters. The van der Waals surface area contributed by atoms with Gasteiger partial charge in [0, 0.05) is 26.9 Å². The third-order valence-corrected chi connectivity index (χ3v) is 1.36. The van der Waals surface area contributed by atoms with E-state index in [1.807, 2.05) is 0 Å². The van der Waals surface area contributed by atoms with Gasteiger partial charge in [0.2, 0.25) is 5.91 Å². The maximum atomic E-state index is 10.3. The van der Waals surface area contributed by atoms with Crippen LogP contribution in [0.3, 0.4) is 0 Å². The van der Waals surface area contributed by atoms with Gasteiger partial charge in [0.25, 0.3) is 0 Å². The van der Waals surface area contributed by atoms with E-state index in [-0.39, 0.29) is 12.5 Å². The molecule has 0 atom stereocenters. The number of methoxy groups -OCH3 is 1. The number of nitrogens with two attached hydrogens (primary N) is 1. The highest BCUT2D eigenvalue weighted by atomic mass is 16.5. The number of rotatable bonds is 9. The van der Waals surface area contributed by atoms with Gasteiger partial charge >= 0.3 is 0 Å². The minimum atomic E-state index is -0.348. The molecule has 0 saturated carbocycles. The Morgan fingerprint density at radius 3 is 2.77 bits per heavy atom. The lowest BCUT2D eigenvalue weighted by Gasteiger charge is -2.04. The van der Waals surface area contributed by atoms with Crippen LogP contribution in [0.4, 0.5) is 0 Å². The Morgan fingerprint density at radius 2 is 2.15 bits per heavy atom. The Morgan fingerprint density at radius 1 is 1.38 bits per heavy atom. The van der Waals surface area contributed by atoms with E-state index in [9.17, 15) is 4.79 Å². The summed E-state index contributed by atoms with van der Waals surface area (Å²) in [6, 6.07) is 0. The number of ether oxygens (including phenoxy) is 2. The molecular weight excluding hydrogens is 172 g/mol. The number of nitrogens with one attached hydrogen (secondary N) is 1. The van der Waals surface area contributed by atoms with Crippen molar-refractivity contribution in [2.24, 2.45) is 5.73 Å². The number of carbonyl (C=O) groups is 1. The molecule has 5 heteroatoms. The average molecular weight is 190 g/mol. The van der Waals surface area contributed by atoms with E-state index in [0.29, 0.717) is 26.4 Å². The van der Waals surface area contributed by atoms with E-state index in [1.54, 1.807) is 7.11 Å². The molecule has 0 aliphatic rings. The highest BCUT2D eigenvalue weighted by Gasteiger charge is 1.92. The summed E-state index contributed by atoms with van der Waals surface area (Å²) in [5, 5.41) is 2.84. The minimum absolute atomic E-state index is 0.210. The molecule has 13 heavy (non-hydrogen) atoms. The summed E-state index contributed by atoms with van der Waals surface area (Å²) in [6.07, 6.45) is 0.895. The Hall–Kier alpha value is -0.650. The SMILES string of the molecule is COCCCOCCNCC(N)=O. The summed E-state index contributed by atoms with van der Waals surface area (Å²) >= 11 is 0. The molecular formula is C8H18N2O3. The summed E-state index contributed by atoms with van der Waals surface area (Å²) in [4.78, 5) is 10.3. The fraction of sp³-hybridized carbons (Fsp3) is 0.875. The van der Waals surface area contributed by atoms with Crippen LogP contribution in [0.5, 0.6) is 0 Å². The molecule has 0 aromatic carbocycles. The minimum Gasteiger partial charge on any atom is -0.385 e. The van der Waals surface area contributed by atoms with Crippen LogP contribution in [0.15, 0.2) is 0 Å². The van der Waals surface area contributed by atoms with Crippen molar-refractivity contribution in [2.45, 2.75) is 6.42 Å². The number of primary amides is 1. The van der Waals surface area contributed by atoms with Gasteiger partial charge in [0.1, 0.15) is 0 Å². The third-order valence-electron chi connectivity index (χ3n) is 1.36. The molecule has 0 bridgehead atoms. The normalized spacial score (nSPS) is 10.2. The molecule has 3 N–H and O–H groups in total. The predicted molar refractivity (Wildman–Crippen MR) is 49.4 cm³/mol. The monoisotopic (exact) mass is 190 g/mol. The smallest absolute Gasteiger partial charge is 0.231 e. The van der Waals surface area contributed by atoms with Crippen molar-refractivity contribution >= 4 is 5.91 Å². The number of carbonyl (C=O) groups excluding carboxylic acids is 1. The molecule has 1 amide bonds.